The summed E-state index contributed by atoms with van der Waals surface area (Å²) in [5.74, 6) is -0.431. The first-order chi connectivity index (χ1) is 17.4. The van der Waals surface area contributed by atoms with Gasteiger partial charge in [0, 0.05) is 31.7 Å². The van der Waals surface area contributed by atoms with E-state index in [1.165, 1.54) is 26.2 Å². The first kappa shape index (κ1) is 25.5. The molecule has 0 aliphatic carbocycles. The van der Waals surface area contributed by atoms with Crippen LogP contribution in [-0.2, 0) is 14.3 Å². The maximum Gasteiger partial charge on any atom is 0.295 e. The highest BCUT2D eigenvalue weighted by Gasteiger charge is 2.46. The van der Waals surface area contributed by atoms with Gasteiger partial charge in [-0.3, -0.25) is 14.5 Å². The fourth-order valence-electron chi connectivity index (χ4n) is 4.66. The van der Waals surface area contributed by atoms with Crippen molar-refractivity contribution >= 4 is 17.4 Å². The standard InChI is InChI=1S/C27H32N2O7/c1-17-5-7-18(8-6-17)24(30)22-23(19-15-20(33-2)26(35-4)21(16-19)34-3)29(27(32)25(22)31)10-9-28-11-13-36-14-12-28/h5-8,15-16,23,30H,9-14H2,1-4H3/b24-22+. The lowest BCUT2D eigenvalue weighted by Gasteiger charge is -2.31. The number of nitrogens with zero attached hydrogens (tertiary/aromatic N) is 2. The van der Waals surface area contributed by atoms with Gasteiger partial charge in [0.05, 0.1) is 46.2 Å². The van der Waals surface area contributed by atoms with Crippen molar-refractivity contribution in [2.45, 2.75) is 13.0 Å². The minimum Gasteiger partial charge on any atom is -0.507 e. The summed E-state index contributed by atoms with van der Waals surface area (Å²) in [7, 11) is 4.51. The number of methoxy groups -OCH3 is 3. The summed E-state index contributed by atoms with van der Waals surface area (Å²) in [6.07, 6.45) is 0. The zero-order chi connectivity index (χ0) is 25.8. The number of hydrogen-bond donors (Lipinski definition) is 1. The second-order valence-electron chi connectivity index (χ2n) is 8.77. The number of ether oxygens (including phenoxy) is 4. The van der Waals surface area contributed by atoms with Crippen LogP contribution in [0.3, 0.4) is 0 Å². The molecule has 0 aromatic heterocycles. The molecule has 1 unspecified atom stereocenters. The van der Waals surface area contributed by atoms with Crippen LogP contribution in [0.2, 0.25) is 0 Å². The fourth-order valence-corrected chi connectivity index (χ4v) is 4.66. The number of morpholine rings is 1. The van der Waals surface area contributed by atoms with Crippen LogP contribution in [0.4, 0.5) is 0 Å². The topological polar surface area (TPSA) is 97.8 Å². The lowest BCUT2D eigenvalue weighted by Crippen LogP contribution is -2.42. The van der Waals surface area contributed by atoms with Gasteiger partial charge < -0.3 is 29.0 Å². The van der Waals surface area contributed by atoms with Crippen molar-refractivity contribution in [3.05, 3.63) is 58.7 Å². The molecule has 192 valence electrons. The molecule has 9 nitrogen and oxygen atoms in total. The Bertz CT molecular complexity index is 1130. The first-order valence-electron chi connectivity index (χ1n) is 11.8. The molecule has 9 heteroatoms. The van der Waals surface area contributed by atoms with E-state index >= 15 is 0 Å². The van der Waals surface area contributed by atoms with E-state index in [9.17, 15) is 14.7 Å². The van der Waals surface area contributed by atoms with Crippen LogP contribution in [0.25, 0.3) is 5.76 Å². The van der Waals surface area contributed by atoms with Gasteiger partial charge >= 0.3 is 0 Å². The number of carbonyl (C=O) groups is 2. The molecule has 2 saturated heterocycles. The molecule has 2 aromatic carbocycles. The van der Waals surface area contributed by atoms with Crippen LogP contribution in [0.1, 0.15) is 22.7 Å². The molecule has 1 N–H and O–H groups in total. The van der Waals surface area contributed by atoms with Crippen LogP contribution in [0, 0.1) is 6.92 Å². The number of amides is 1. The number of hydrogen-bond acceptors (Lipinski definition) is 8. The van der Waals surface area contributed by atoms with E-state index in [0.717, 1.165) is 18.7 Å². The number of ketones is 1. The van der Waals surface area contributed by atoms with E-state index in [4.69, 9.17) is 18.9 Å². The Hall–Kier alpha value is -3.56. The summed E-state index contributed by atoms with van der Waals surface area (Å²) in [5.41, 5.74) is 2.07. The van der Waals surface area contributed by atoms with Crippen LogP contribution < -0.4 is 14.2 Å². The molecule has 0 spiro atoms. The van der Waals surface area contributed by atoms with Crippen molar-refractivity contribution in [2.24, 2.45) is 0 Å². The quantitative estimate of drug-likeness (QED) is 0.339. The summed E-state index contributed by atoms with van der Waals surface area (Å²) >= 11 is 0. The van der Waals surface area contributed by atoms with Gasteiger partial charge in [-0.25, -0.2) is 0 Å². The maximum absolute atomic E-state index is 13.3. The van der Waals surface area contributed by atoms with Gasteiger partial charge in [-0.15, -0.1) is 0 Å². The van der Waals surface area contributed by atoms with E-state index < -0.39 is 17.7 Å². The molecular formula is C27H32N2O7. The highest BCUT2D eigenvalue weighted by Crippen LogP contribution is 2.45. The molecule has 2 aliphatic rings. The van der Waals surface area contributed by atoms with E-state index in [1.54, 1.807) is 24.3 Å². The molecule has 2 heterocycles. The van der Waals surface area contributed by atoms with Crippen molar-refractivity contribution < 1.29 is 33.6 Å². The van der Waals surface area contributed by atoms with Crippen molar-refractivity contribution in [3.8, 4) is 17.2 Å². The molecule has 2 aromatic rings. The highest BCUT2D eigenvalue weighted by atomic mass is 16.5. The largest absolute Gasteiger partial charge is 0.507 e. The van der Waals surface area contributed by atoms with Crippen LogP contribution >= 0.6 is 0 Å². The van der Waals surface area contributed by atoms with Crippen molar-refractivity contribution in [2.75, 3.05) is 60.7 Å². The number of Topliss-reactive ketones (excluding diaryl/α,β-unsaturated/α-hetero) is 1. The summed E-state index contributed by atoms with van der Waals surface area (Å²) in [4.78, 5) is 30.3. The summed E-state index contributed by atoms with van der Waals surface area (Å²) in [5, 5.41) is 11.3. The summed E-state index contributed by atoms with van der Waals surface area (Å²) in [6.45, 7) is 5.57. The average Bonchev–Trinajstić information content (AvgIpc) is 3.16. The highest BCUT2D eigenvalue weighted by molar-refractivity contribution is 6.46. The van der Waals surface area contributed by atoms with Gasteiger partial charge in [-0.1, -0.05) is 29.8 Å². The van der Waals surface area contributed by atoms with Crippen LogP contribution in [0.15, 0.2) is 42.0 Å². The van der Waals surface area contributed by atoms with E-state index in [1.807, 2.05) is 19.1 Å². The Morgan fingerprint density at radius 3 is 2.14 bits per heavy atom. The van der Waals surface area contributed by atoms with E-state index in [0.29, 0.717) is 54.7 Å². The zero-order valence-corrected chi connectivity index (χ0v) is 21.1. The average molecular weight is 497 g/mol. The second-order valence-corrected chi connectivity index (χ2v) is 8.77. The van der Waals surface area contributed by atoms with Gasteiger partial charge in [-0.05, 0) is 24.6 Å². The predicted molar refractivity (Wildman–Crippen MR) is 134 cm³/mol. The Morgan fingerprint density at radius 1 is 0.972 bits per heavy atom. The number of aliphatic hydroxyl groups excluding tert-OH is 1. The van der Waals surface area contributed by atoms with Gasteiger partial charge in [-0.2, -0.15) is 0 Å². The maximum atomic E-state index is 13.3. The number of aliphatic hydroxyl groups is 1. The third-order valence-electron chi connectivity index (χ3n) is 6.63. The smallest absolute Gasteiger partial charge is 0.295 e. The molecule has 0 saturated carbocycles. The number of benzene rings is 2. The number of likely N-dealkylation sites (tertiary alicyclic amines) is 1. The van der Waals surface area contributed by atoms with Crippen molar-refractivity contribution in [3.63, 3.8) is 0 Å². The molecular weight excluding hydrogens is 464 g/mol. The lowest BCUT2D eigenvalue weighted by atomic mass is 9.94. The minimum absolute atomic E-state index is 0.0279. The predicted octanol–water partition coefficient (Wildman–Crippen LogP) is 2.77. The third-order valence-corrected chi connectivity index (χ3v) is 6.63. The minimum atomic E-state index is -0.832. The monoisotopic (exact) mass is 496 g/mol. The van der Waals surface area contributed by atoms with Crippen molar-refractivity contribution in [1.29, 1.82) is 0 Å². The van der Waals surface area contributed by atoms with Gasteiger partial charge in [0.15, 0.2) is 11.5 Å². The Kier molecular flexibility index (Phi) is 7.81. The van der Waals surface area contributed by atoms with Gasteiger partial charge in [0.1, 0.15) is 5.76 Å². The Morgan fingerprint density at radius 2 is 1.58 bits per heavy atom. The molecule has 36 heavy (non-hydrogen) atoms. The first-order valence-corrected chi connectivity index (χ1v) is 11.8. The third kappa shape index (κ3) is 4.89. The van der Waals surface area contributed by atoms with Crippen molar-refractivity contribution in [1.82, 2.24) is 9.80 Å². The number of aryl methyl sites for hydroxylation is 1. The Labute approximate surface area is 210 Å². The zero-order valence-electron chi connectivity index (χ0n) is 21.1. The van der Waals surface area contributed by atoms with Gasteiger partial charge in [0.25, 0.3) is 11.7 Å². The van der Waals surface area contributed by atoms with Crippen LogP contribution in [0.5, 0.6) is 17.2 Å². The number of rotatable bonds is 8. The number of carbonyl (C=O) groups excluding carboxylic acids is 2. The molecule has 0 bridgehead atoms. The molecule has 2 fully saturated rings. The lowest BCUT2D eigenvalue weighted by molar-refractivity contribution is -0.140. The fraction of sp³-hybridized carbons (Fsp3) is 0.407. The molecule has 4 rings (SSSR count). The van der Waals surface area contributed by atoms with E-state index in [2.05, 4.69) is 4.90 Å². The molecule has 0 radical (unpaired) electrons. The van der Waals surface area contributed by atoms with Crippen LogP contribution in [-0.4, -0.2) is 87.3 Å². The molecule has 1 amide bonds. The molecule has 1 atom stereocenters. The van der Waals surface area contributed by atoms with Gasteiger partial charge in [0.2, 0.25) is 5.75 Å². The van der Waals surface area contributed by atoms with E-state index in [-0.39, 0.29) is 11.3 Å². The SMILES string of the molecule is COc1cc(C2/C(=C(\O)c3ccc(C)cc3)C(=O)C(=O)N2CCN2CCOCC2)cc(OC)c1OC. The Balaban J connectivity index is 1.83. The second kappa shape index (κ2) is 11.0. The normalized spacial score (nSPS) is 20.0. The molecule has 2 aliphatic heterocycles. The summed E-state index contributed by atoms with van der Waals surface area (Å²) < 4.78 is 21.9. The summed E-state index contributed by atoms with van der Waals surface area (Å²) in [6, 6.07) is 9.75.